The van der Waals surface area contributed by atoms with Crippen molar-refractivity contribution in [1.82, 2.24) is 10.6 Å². The number of rotatable bonds is 8. The van der Waals surface area contributed by atoms with Crippen LogP contribution in [0.15, 0.2) is 42.5 Å². The van der Waals surface area contributed by atoms with E-state index in [0.29, 0.717) is 37.1 Å². The van der Waals surface area contributed by atoms with Gasteiger partial charge < -0.3 is 34.5 Å². The Morgan fingerprint density at radius 2 is 2.03 bits per heavy atom. The zero-order valence-corrected chi connectivity index (χ0v) is 17.1. The van der Waals surface area contributed by atoms with Gasteiger partial charge in [-0.2, -0.15) is 0 Å². The minimum absolute atomic E-state index is 0.177. The summed E-state index contributed by atoms with van der Waals surface area (Å²) >= 11 is 0. The average Bonchev–Trinajstić information content (AvgIpc) is 3.44. The fourth-order valence-corrected chi connectivity index (χ4v) is 3.64. The summed E-state index contributed by atoms with van der Waals surface area (Å²) in [6.45, 7) is 3.57. The molecule has 0 aliphatic carbocycles. The number of hydrogen-bond acceptors (Lipinski definition) is 6. The lowest BCUT2D eigenvalue weighted by Gasteiger charge is -2.19. The highest BCUT2D eigenvalue weighted by Crippen LogP contribution is 2.35. The Bertz CT molecular complexity index is 876. The number of methoxy groups -OCH3 is 1. The quantitative estimate of drug-likeness (QED) is 0.648. The van der Waals surface area contributed by atoms with Gasteiger partial charge in [0.05, 0.1) is 13.7 Å². The molecule has 0 saturated carbocycles. The van der Waals surface area contributed by atoms with Crippen LogP contribution in [0.2, 0.25) is 0 Å². The number of anilines is 1. The van der Waals surface area contributed by atoms with Crippen molar-refractivity contribution in [2.75, 3.05) is 51.6 Å². The molecule has 0 radical (unpaired) electrons. The molecule has 4 rings (SSSR count). The lowest BCUT2D eigenvalue weighted by atomic mass is 10.1. The van der Waals surface area contributed by atoms with Crippen molar-refractivity contribution in [1.29, 1.82) is 0 Å². The zero-order chi connectivity index (χ0) is 20.8. The molecule has 2 aromatic rings. The Morgan fingerprint density at radius 1 is 1.13 bits per heavy atom. The molecule has 30 heavy (non-hydrogen) atoms. The molecule has 1 saturated heterocycles. The Morgan fingerprint density at radius 3 is 2.93 bits per heavy atom. The predicted octanol–water partition coefficient (Wildman–Crippen LogP) is 2.63. The Hall–Kier alpha value is -3.29. The maximum atomic E-state index is 12.1. The number of carbonyl (C=O) groups is 1. The van der Waals surface area contributed by atoms with Crippen molar-refractivity contribution in [3.63, 3.8) is 0 Å². The number of urea groups is 1. The van der Waals surface area contributed by atoms with E-state index in [4.69, 9.17) is 18.9 Å². The van der Waals surface area contributed by atoms with Gasteiger partial charge in [0, 0.05) is 37.5 Å². The number of hydrogen-bond donors (Lipinski definition) is 2. The fourth-order valence-electron chi connectivity index (χ4n) is 3.64. The second kappa shape index (κ2) is 9.47. The van der Waals surface area contributed by atoms with Gasteiger partial charge in [-0.05, 0) is 36.6 Å². The van der Waals surface area contributed by atoms with Crippen LogP contribution < -0.4 is 34.5 Å². The minimum Gasteiger partial charge on any atom is -0.497 e. The van der Waals surface area contributed by atoms with Gasteiger partial charge in [-0.15, -0.1) is 0 Å². The van der Waals surface area contributed by atoms with Crippen LogP contribution in [-0.4, -0.2) is 52.7 Å². The second-order valence-electron chi connectivity index (χ2n) is 7.30. The van der Waals surface area contributed by atoms with Crippen molar-refractivity contribution in [2.45, 2.75) is 6.42 Å². The number of amides is 2. The smallest absolute Gasteiger partial charge is 0.314 e. The van der Waals surface area contributed by atoms with E-state index in [-0.39, 0.29) is 12.8 Å². The standard InChI is InChI=1S/C22H27N3O5/c1-27-18-4-2-3-17(11-18)25-9-7-16(14-25)13-24-22(26)23-8-10-28-19-5-6-20-21(12-19)30-15-29-20/h2-6,11-12,16H,7-10,13-15H2,1H3,(H2,23,24,26). The lowest BCUT2D eigenvalue weighted by molar-refractivity contribution is 0.173. The first-order valence-electron chi connectivity index (χ1n) is 10.1. The summed E-state index contributed by atoms with van der Waals surface area (Å²) in [5.74, 6) is 3.36. The Kier molecular flexibility index (Phi) is 6.32. The molecule has 0 bridgehead atoms. The van der Waals surface area contributed by atoms with Crippen LogP contribution in [0.5, 0.6) is 23.0 Å². The van der Waals surface area contributed by atoms with Gasteiger partial charge >= 0.3 is 6.03 Å². The van der Waals surface area contributed by atoms with Crippen LogP contribution in [0.4, 0.5) is 10.5 Å². The monoisotopic (exact) mass is 413 g/mol. The Labute approximate surface area is 176 Å². The molecular weight excluding hydrogens is 386 g/mol. The molecule has 2 amide bonds. The van der Waals surface area contributed by atoms with Crippen molar-refractivity contribution in [3.8, 4) is 23.0 Å². The molecule has 2 N–H and O–H groups in total. The van der Waals surface area contributed by atoms with E-state index in [1.54, 1.807) is 13.2 Å². The normalized spacial score (nSPS) is 17.0. The first-order chi connectivity index (χ1) is 14.7. The highest BCUT2D eigenvalue weighted by atomic mass is 16.7. The number of benzene rings is 2. The van der Waals surface area contributed by atoms with E-state index in [1.165, 1.54) is 0 Å². The summed E-state index contributed by atoms with van der Waals surface area (Å²) in [5, 5.41) is 5.78. The van der Waals surface area contributed by atoms with E-state index in [9.17, 15) is 4.79 Å². The molecule has 1 fully saturated rings. The van der Waals surface area contributed by atoms with E-state index >= 15 is 0 Å². The summed E-state index contributed by atoms with van der Waals surface area (Å²) in [6.07, 6.45) is 1.05. The third-order valence-electron chi connectivity index (χ3n) is 5.26. The predicted molar refractivity (Wildman–Crippen MR) is 113 cm³/mol. The zero-order valence-electron chi connectivity index (χ0n) is 17.1. The molecule has 0 aromatic heterocycles. The highest BCUT2D eigenvalue weighted by molar-refractivity contribution is 5.73. The van der Waals surface area contributed by atoms with Gasteiger partial charge in [0.1, 0.15) is 18.1 Å². The SMILES string of the molecule is COc1cccc(N2CCC(CNC(=O)NCCOc3ccc4c(c3)OCO4)C2)c1. The molecular formula is C22H27N3O5. The molecule has 1 unspecified atom stereocenters. The second-order valence-corrected chi connectivity index (χ2v) is 7.30. The van der Waals surface area contributed by atoms with E-state index in [0.717, 1.165) is 36.7 Å². The lowest BCUT2D eigenvalue weighted by Crippen LogP contribution is -2.40. The van der Waals surface area contributed by atoms with Gasteiger partial charge in [0.25, 0.3) is 0 Å². The summed E-state index contributed by atoms with van der Waals surface area (Å²) in [5.41, 5.74) is 1.15. The van der Waals surface area contributed by atoms with Crippen molar-refractivity contribution in [3.05, 3.63) is 42.5 Å². The first-order valence-corrected chi connectivity index (χ1v) is 10.1. The molecule has 0 spiro atoms. The molecule has 8 nitrogen and oxygen atoms in total. The third kappa shape index (κ3) is 5.00. The van der Waals surface area contributed by atoms with Gasteiger partial charge in [0.2, 0.25) is 6.79 Å². The molecule has 2 aliphatic heterocycles. The average molecular weight is 413 g/mol. The van der Waals surface area contributed by atoms with Gasteiger partial charge in [-0.25, -0.2) is 4.79 Å². The van der Waals surface area contributed by atoms with Crippen molar-refractivity contribution in [2.24, 2.45) is 5.92 Å². The van der Waals surface area contributed by atoms with E-state index < -0.39 is 0 Å². The molecule has 2 aliphatic rings. The van der Waals surface area contributed by atoms with Crippen LogP contribution in [0.3, 0.4) is 0 Å². The maximum absolute atomic E-state index is 12.1. The van der Waals surface area contributed by atoms with Gasteiger partial charge in [-0.3, -0.25) is 0 Å². The summed E-state index contributed by atoms with van der Waals surface area (Å²) in [7, 11) is 1.68. The molecule has 160 valence electrons. The number of fused-ring (bicyclic) bond motifs is 1. The number of nitrogens with one attached hydrogen (secondary N) is 2. The molecule has 2 aromatic carbocycles. The number of nitrogens with zero attached hydrogens (tertiary/aromatic N) is 1. The van der Waals surface area contributed by atoms with Crippen molar-refractivity contribution >= 4 is 11.7 Å². The van der Waals surface area contributed by atoms with Crippen molar-refractivity contribution < 1.29 is 23.7 Å². The highest BCUT2D eigenvalue weighted by Gasteiger charge is 2.23. The number of carbonyl (C=O) groups excluding carboxylic acids is 1. The maximum Gasteiger partial charge on any atom is 0.314 e. The van der Waals surface area contributed by atoms with Crippen LogP contribution in [0.25, 0.3) is 0 Å². The largest absolute Gasteiger partial charge is 0.497 e. The van der Waals surface area contributed by atoms with E-state index in [1.807, 2.05) is 30.3 Å². The van der Waals surface area contributed by atoms with Crippen LogP contribution in [-0.2, 0) is 0 Å². The fraction of sp³-hybridized carbons (Fsp3) is 0.409. The Balaban J connectivity index is 1.12. The van der Waals surface area contributed by atoms with Crippen LogP contribution in [0, 0.1) is 5.92 Å². The third-order valence-corrected chi connectivity index (χ3v) is 5.26. The van der Waals surface area contributed by atoms with Crippen LogP contribution >= 0.6 is 0 Å². The molecule has 1 atom stereocenters. The molecule has 8 heteroatoms. The topological polar surface area (TPSA) is 81.3 Å². The summed E-state index contributed by atoms with van der Waals surface area (Å²) in [4.78, 5) is 14.4. The minimum atomic E-state index is -0.177. The summed E-state index contributed by atoms with van der Waals surface area (Å²) < 4.78 is 21.5. The summed E-state index contributed by atoms with van der Waals surface area (Å²) in [6, 6.07) is 13.3. The van der Waals surface area contributed by atoms with Gasteiger partial charge in [-0.1, -0.05) is 6.07 Å². The van der Waals surface area contributed by atoms with Crippen LogP contribution in [0.1, 0.15) is 6.42 Å². The van der Waals surface area contributed by atoms with Gasteiger partial charge in [0.15, 0.2) is 11.5 Å². The van der Waals surface area contributed by atoms with E-state index in [2.05, 4.69) is 21.6 Å². The first kappa shape index (κ1) is 20.0. The molecule has 2 heterocycles. The number of ether oxygens (including phenoxy) is 4.